The number of rotatable bonds is 4. The highest BCUT2D eigenvalue weighted by molar-refractivity contribution is 6.33. The summed E-state index contributed by atoms with van der Waals surface area (Å²) in [7, 11) is 5.80. The first kappa shape index (κ1) is 13.9. The Balaban J connectivity index is 2.10. The molecule has 6 heteroatoms. The van der Waals surface area contributed by atoms with Crippen LogP contribution < -0.4 is 16.3 Å². The molecule has 3 aromatic rings. The number of fused-ring (bicyclic) bond motifs is 3. The molecule has 2 heterocycles. The number of hydrogen-bond acceptors (Lipinski definition) is 4. The summed E-state index contributed by atoms with van der Waals surface area (Å²) < 4.78 is 5.56. The smallest absolute Gasteiger partial charge is 0.294 e. The number of H-pyrrole nitrogens is 1. The van der Waals surface area contributed by atoms with Gasteiger partial charge in [0.1, 0.15) is 24.8 Å². The van der Waals surface area contributed by atoms with E-state index in [0.717, 1.165) is 11.8 Å². The Bertz CT molecular complexity index is 853. The fourth-order valence-corrected chi connectivity index (χ4v) is 2.22. The summed E-state index contributed by atoms with van der Waals surface area (Å²) in [6.07, 6.45) is 1.01. The van der Waals surface area contributed by atoms with Crippen LogP contribution in [-0.4, -0.2) is 23.9 Å². The predicted octanol–water partition coefficient (Wildman–Crippen LogP) is 1.35. The van der Waals surface area contributed by atoms with Crippen LogP contribution >= 0.6 is 0 Å². The van der Waals surface area contributed by atoms with Gasteiger partial charge in [0.05, 0.1) is 6.54 Å². The van der Waals surface area contributed by atoms with E-state index in [1.165, 1.54) is 0 Å². The van der Waals surface area contributed by atoms with E-state index in [1.807, 2.05) is 0 Å². The lowest BCUT2D eigenvalue weighted by Gasteiger charge is -2.10. The minimum absolute atomic E-state index is 0.239. The molecule has 0 fully saturated rings. The summed E-state index contributed by atoms with van der Waals surface area (Å²) in [5.41, 5.74) is 1.76. The Labute approximate surface area is 123 Å². The summed E-state index contributed by atoms with van der Waals surface area (Å²) >= 11 is 0. The van der Waals surface area contributed by atoms with Gasteiger partial charge in [-0.05, 0) is 19.4 Å². The molecule has 0 saturated heterocycles. The van der Waals surface area contributed by atoms with Crippen LogP contribution in [0.1, 0.15) is 26.1 Å². The van der Waals surface area contributed by atoms with Crippen molar-refractivity contribution in [3.05, 3.63) is 34.4 Å². The van der Waals surface area contributed by atoms with Crippen molar-refractivity contribution >= 4 is 35.4 Å². The lowest BCUT2D eigenvalue weighted by atomic mass is 9.95. The monoisotopic (exact) mass is 281 g/mol. The average molecular weight is 281 g/mol. The predicted molar refractivity (Wildman–Crippen MR) is 84.1 cm³/mol. The molecule has 0 bridgehead atoms. The minimum atomic E-state index is -0.268. The molecule has 0 amide bonds. The van der Waals surface area contributed by atoms with E-state index in [-0.39, 0.29) is 11.1 Å². The van der Waals surface area contributed by atoms with E-state index in [2.05, 4.69) is 29.1 Å². The Morgan fingerprint density at radius 3 is 3.05 bits per heavy atom. The van der Waals surface area contributed by atoms with Gasteiger partial charge in [0, 0.05) is 11.4 Å². The molecule has 0 aliphatic carbocycles. The molecule has 2 N–H and O–H groups in total. The van der Waals surface area contributed by atoms with Gasteiger partial charge in [-0.1, -0.05) is 24.5 Å². The molecule has 2 aromatic heterocycles. The molecule has 0 unspecified atom stereocenters. The van der Waals surface area contributed by atoms with Crippen LogP contribution in [0.2, 0.25) is 0 Å². The first-order valence-corrected chi connectivity index (χ1v) is 7.02. The molecule has 21 heavy (non-hydrogen) atoms. The number of aromatic nitrogens is 2. The lowest BCUT2D eigenvalue weighted by molar-refractivity contribution is 0.522. The zero-order valence-electron chi connectivity index (χ0n) is 12.1. The van der Waals surface area contributed by atoms with Crippen molar-refractivity contribution in [1.29, 1.82) is 0 Å². The number of hydrogen-bond donors (Lipinski definition) is 2. The third kappa shape index (κ3) is 2.59. The highest BCUT2D eigenvalue weighted by Gasteiger charge is 2.13. The van der Waals surface area contributed by atoms with Crippen molar-refractivity contribution in [3.63, 3.8) is 0 Å². The van der Waals surface area contributed by atoms with Gasteiger partial charge in [-0.3, -0.25) is 4.79 Å². The molecule has 1 aromatic carbocycles. The summed E-state index contributed by atoms with van der Waals surface area (Å²) in [4.78, 5) is 19.4. The maximum absolute atomic E-state index is 12.1. The van der Waals surface area contributed by atoms with E-state index < -0.39 is 0 Å². The van der Waals surface area contributed by atoms with Gasteiger partial charge in [0.25, 0.3) is 5.56 Å². The fraction of sp³-hybridized carbons (Fsp3) is 0.333. The summed E-state index contributed by atoms with van der Waals surface area (Å²) in [5.74, 6) is 0.595. The van der Waals surface area contributed by atoms with E-state index in [4.69, 9.17) is 12.3 Å². The van der Waals surface area contributed by atoms with Gasteiger partial charge in [0.15, 0.2) is 0 Å². The van der Waals surface area contributed by atoms with Crippen LogP contribution in [0.15, 0.2) is 27.4 Å². The molecule has 3 rings (SSSR count). The Morgan fingerprint density at radius 2 is 2.29 bits per heavy atom. The minimum Gasteiger partial charge on any atom is -0.449 e. The molecule has 0 aliphatic heterocycles. The zero-order chi connectivity index (χ0) is 15.0. The van der Waals surface area contributed by atoms with Crippen LogP contribution in [0.5, 0.6) is 0 Å². The van der Waals surface area contributed by atoms with Gasteiger partial charge in [0.2, 0.25) is 5.58 Å². The standard InChI is InChI=1S/C15H16BN3O2/c1-3-8(2)17-7-12-18-13-10-6-9(16)4-5-11(10)21-14(13)15(20)19-12/h4-6,8,17H,3,7H2,1-2H3,(H,18,19,20)/t8-/m1/s1. The Hall–Kier alpha value is -2.08. The summed E-state index contributed by atoms with van der Waals surface area (Å²) in [6, 6.07) is 5.63. The molecule has 0 saturated carbocycles. The van der Waals surface area contributed by atoms with Crippen molar-refractivity contribution in [3.8, 4) is 0 Å². The maximum Gasteiger partial charge on any atom is 0.294 e. The second-order valence-electron chi connectivity index (χ2n) is 5.24. The molecule has 0 aliphatic rings. The van der Waals surface area contributed by atoms with Crippen molar-refractivity contribution in [1.82, 2.24) is 15.3 Å². The van der Waals surface area contributed by atoms with Gasteiger partial charge >= 0.3 is 0 Å². The molecule has 5 nitrogen and oxygen atoms in total. The van der Waals surface area contributed by atoms with Gasteiger partial charge < -0.3 is 14.7 Å². The lowest BCUT2D eigenvalue weighted by Crippen LogP contribution is -2.26. The van der Waals surface area contributed by atoms with E-state index in [9.17, 15) is 4.79 Å². The molecule has 1 atom stereocenters. The van der Waals surface area contributed by atoms with Crippen LogP contribution in [0, 0.1) is 0 Å². The largest absolute Gasteiger partial charge is 0.449 e. The number of nitrogens with one attached hydrogen (secondary N) is 2. The van der Waals surface area contributed by atoms with Crippen LogP contribution in [-0.2, 0) is 6.54 Å². The second kappa shape index (κ2) is 5.37. The maximum atomic E-state index is 12.1. The highest BCUT2D eigenvalue weighted by atomic mass is 16.3. The number of aromatic amines is 1. The second-order valence-corrected chi connectivity index (χ2v) is 5.24. The van der Waals surface area contributed by atoms with Crippen molar-refractivity contribution in [2.24, 2.45) is 0 Å². The fourth-order valence-electron chi connectivity index (χ4n) is 2.22. The molecular formula is C15H16BN3O2. The summed E-state index contributed by atoms with van der Waals surface area (Å²) in [6.45, 7) is 4.70. The van der Waals surface area contributed by atoms with Crippen molar-refractivity contribution < 1.29 is 4.42 Å². The van der Waals surface area contributed by atoms with Crippen molar-refractivity contribution in [2.75, 3.05) is 0 Å². The van der Waals surface area contributed by atoms with E-state index >= 15 is 0 Å². The summed E-state index contributed by atoms with van der Waals surface area (Å²) in [5, 5.41) is 4.07. The number of benzene rings is 1. The topological polar surface area (TPSA) is 70.9 Å². The average Bonchev–Trinajstić information content (AvgIpc) is 2.83. The third-order valence-electron chi connectivity index (χ3n) is 3.63. The van der Waals surface area contributed by atoms with Crippen LogP contribution in [0.4, 0.5) is 0 Å². The van der Waals surface area contributed by atoms with Crippen LogP contribution in [0.3, 0.4) is 0 Å². The zero-order valence-corrected chi connectivity index (χ0v) is 12.1. The normalized spacial score (nSPS) is 13.0. The third-order valence-corrected chi connectivity index (χ3v) is 3.63. The molecule has 0 spiro atoms. The van der Waals surface area contributed by atoms with Gasteiger partial charge in [-0.2, -0.15) is 0 Å². The van der Waals surface area contributed by atoms with Crippen molar-refractivity contribution in [2.45, 2.75) is 32.9 Å². The Kier molecular flexibility index (Phi) is 3.55. The quantitative estimate of drug-likeness (QED) is 0.708. The molecular weight excluding hydrogens is 265 g/mol. The molecule has 2 radical (unpaired) electrons. The van der Waals surface area contributed by atoms with E-state index in [1.54, 1.807) is 18.2 Å². The number of furan rings is 1. The van der Waals surface area contributed by atoms with Gasteiger partial charge in [-0.15, -0.1) is 0 Å². The Morgan fingerprint density at radius 1 is 1.48 bits per heavy atom. The van der Waals surface area contributed by atoms with Gasteiger partial charge in [-0.25, -0.2) is 4.98 Å². The van der Waals surface area contributed by atoms with Crippen LogP contribution in [0.25, 0.3) is 22.1 Å². The first-order chi connectivity index (χ1) is 10.1. The first-order valence-electron chi connectivity index (χ1n) is 7.02. The van der Waals surface area contributed by atoms with E-state index in [0.29, 0.717) is 35.0 Å². The molecule has 106 valence electrons. The number of nitrogens with zero attached hydrogens (tertiary/aromatic N) is 1. The highest BCUT2D eigenvalue weighted by Crippen LogP contribution is 2.23. The SMILES string of the molecule is [B]c1ccc2oc3c(=O)[nH]c(CN[C@H](C)CC)nc3c2c1.